The molecule has 1 fully saturated rings. The van der Waals surface area contributed by atoms with Crippen molar-refractivity contribution in [2.45, 2.75) is 12.5 Å². The van der Waals surface area contributed by atoms with Gasteiger partial charge in [0.15, 0.2) is 0 Å². The molecule has 0 amide bonds. The number of hydrogen-bond acceptors (Lipinski definition) is 7. The Hall–Kier alpha value is -2.73. The molecule has 2 heterocycles. The number of aliphatic carboxylic acids is 1. The van der Waals surface area contributed by atoms with Gasteiger partial charge in [0.25, 0.3) is 0 Å². The van der Waals surface area contributed by atoms with Crippen LogP contribution in [0.4, 0.5) is 11.5 Å². The molecular formula is C12H12N4O5. The highest BCUT2D eigenvalue weighted by Crippen LogP contribution is 2.30. The summed E-state index contributed by atoms with van der Waals surface area (Å²) in [5.41, 5.74) is -1.20. The number of carboxylic acid groups (broad SMARTS) is 1. The van der Waals surface area contributed by atoms with Gasteiger partial charge in [-0.15, -0.1) is 0 Å². The van der Waals surface area contributed by atoms with E-state index in [-0.39, 0.29) is 18.0 Å². The molecule has 0 bridgehead atoms. The van der Waals surface area contributed by atoms with Crippen molar-refractivity contribution in [3.8, 4) is 6.07 Å². The maximum absolute atomic E-state index is 10.7. The summed E-state index contributed by atoms with van der Waals surface area (Å²) < 4.78 is 5.25. The Bertz CT molecular complexity index is 633. The van der Waals surface area contributed by atoms with E-state index in [1.807, 2.05) is 0 Å². The van der Waals surface area contributed by atoms with Gasteiger partial charge in [-0.3, -0.25) is 10.1 Å². The first-order chi connectivity index (χ1) is 9.84. The molecule has 0 radical (unpaired) electrons. The van der Waals surface area contributed by atoms with E-state index < -0.39 is 16.5 Å². The van der Waals surface area contributed by atoms with Crippen molar-refractivity contribution >= 4 is 17.5 Å². The summed E-state index contributed by atoms with van der Waals surface area (Å²) in [5, 5.41) is 28.2. The molecule has 1 aliphatic rings. The second-order valence-corrected chi connectivity index (χ2v) is 4.89. The van der Waals surface area contributed by atoms with Gasteiger partial charge in [0.2, 0.25) is 5.69 Å². The molecule has 1 saturated heterocycles. The van der Waals surface area contributed by atoms with Crippen molar-refractivity contribution in [3.63, 3.8) is 0 Å². The molecule has 1 aromatic rings. The van der Waals surface area contributed by atoms with Crippen molar-refractivity contribution in [1.29, 1.82) is 5.26 Å². The van der Waals surface area contributed by atoms with Gasteiger partial charge in [-0.1, -0.05) is 0 Å². The number of hydrogen-bond donors (Lipinski definition) is 1. The molecule has 0 spiro atoms. The third kappa shape index (κ3) is 3.06. The lowest BCUT2D eigenvalue weighted by atomic mass is 9.96. The van der Waals surface area contributed by atoms with Crippen LogP contribution < -0.4 is 4.90 Å². The largest absolute Gasteiger partial charge is 0.480 e. The number of aromatic nitrogens is 1. The number of ether oxygens (including phenoxy) is 1. The molecule has 1 aliphatic heterocycles. The van der Waals surface area contributed by atoms with Crippen LogP contribution in [0.5, 0.6) is 0 Å². The fourth-order valence-electron chi connectivity index (χ4n) is 2.10. The lowest BCUT2D eigenvalue weighted by Gasteiger charge is -2.47. The van der Waals surface area contributed by atoms with E-state index in [9.17, 15) is 14.9 Å². The summed E-state index contributed by atoms with van der Waals surface area (Å²) in [6.45, 7) is 2.18. The SMILES string of the molecule is CC1(OCC(=O)O)CN(c2ccc([N+](=O)[O-])c(C#N)n2)C1. The topological polar surface area (TPSA) is 130 Å². The maximum Gasteiger partial charge on any atom is 0.329 e. The molecule has 110 valence electrons. The molecule has 0 unspecified atom stereocenters. The fraction of sp³-hybridized carbons (Fsp3) is 0.417. The number of nitriles is 1. The number of pyridine rings is 1. The van der Waals surface area contributed by atoms with Gasteiger partial charge >= 0.3 is 11.7 Å². The van der Waals surface area contributed by atoms with E-state index in [2.05, 4.69) is 4.98 Å². The second kappa shape index (κ2) is 5.34. The van der Waals surface area contributed by atoms with Crippen LogP contribution in [0.2, 0.25) is 0 Å². The van der Waals surface area contributed by atoms with Crippen LogP contribution in [0.25, 0.3) is 0 Å². The van der Waals surface area contributed by atoms with Crippen molar-refractivity contribution in [2.75, 3.05) is 24.6 Å². The Morgan fingerprint density at radius 1 is 1.67 bits per heavy atom. The Balaban J connectivity index is 2.07. The van der Waals surface area contributed by atoms with E-state index in [4.69, 9.17) is 15.1 Å². The van der Waals surface area contributed by atoms with Crippen LogP contribution >= 0.6 is 0 Å². The third-order valence-electron chi connectivity index (χ3n) is 3.08. The standard InChI is InChI=1S/C12H12N4O5/c1-12(21-5-11(17)18)6-15(7-12)10-3-2-9(16(19)20)8(4-13)14-10/h2-3H,5-7H2,1H3,(H,17,18). The van der Waals surface area contributed by atoms with Gasteiger partial charge in [0.05, 0.1) is 4.92 Å². The molecule has 9 heteroatoms. The summed E-state index contributed by atoms with van der Waals surface area (Å²) >= 11 is 0. The van der Waals surface area contributed by atoms with Crippen molar-refractivity contribution in [1.82, 2.24) is 4.98 Å². The minimum absolute atomic E-state index is 0.252. The molecule has 0 aliphatic carbocycles. The van der Waals surface area contributed by atoms with Crippen LogP contribution in [0.1, 0.15) is 12.6 Å². The van der Waals surface area contributed by atoms with Gasteiger partial charge in [-0.25, -0.2) is 9.78 Å². The van der Waals surface area contributed by atoms with Gasteiger partial charge in [0, 0.05) is 19.2 Å². The van der Waals surface area contributed by atoms with Crippen molar-refractivity contribution in [3.05, 3.63) is 27.9 Å². The average Bonchev–Trinajstić information content (AvgIpc) is 2.41. The van der Waals surface area contributed by atoms with E-state index in [0.717, 1.165) is 0 Å². The number of nitrogens with zero attached hydrogens (tertiary/aromatic N) is 4. The van der Waals surface area contributed by atoms with Gasteiger partial charge in [-0.05, 0) is 13.0 Å². The molecule has 0 saturated carbocycles. The normalized spacial score (nSPS) is 15.9. The highest BCUT2D eigenvalue weighted by Gasteiger charge is 2.41. The van der Waals surface area contributed by atoms with E-state index >= 15 is 0 Å². The zero-order valence-corrected chi connectivity index (χ0v) is 11.1. The molecule has 1 aromatic heterocycles. The van der Waals surface area contributed by atoms with Crippen LogP contribution in [0.3, 0.4) is 0 Å². The highest BCUT2D eigenvalue weighted by molar-refractivity contribution is 5.68. The number of carboxylic acids is 1. The van der Waals surface area contributed by atoms with Gasteiger partial charge in [0.1, 0.15) is 24.1 Å². The van der Waals surface area contributed by atoms with E-state index in [1.165, 1.54) is 12.1 Å². The lowest BCUT2D eigenvalue weighted by Crippen LogP contribution is -2.62. The monoisotopic (exact) mass is 292 g/mol. The van der Waals surface area contributed by atoms with Crippen LogP contribution in [-0.4, -0.2) is 46.3 Å². The summed E-state index contributed by atoms with van der Waals surface area (Å²) in [4.78, 5) is 26.2. The Morgan fingerprint density at radius 2 is 2.33 bits per heavy atom. The number of carbonyl (C=O) groups is 1. The molecule has 0 aromatic carbocycles. The average molecular weight is 292 g/mol. The van der Waals surface area contributed by atoms with E-state index in [1.54, 1.807) is 17.9 Å². The first-order valence-electron chi connectivity index (χ1n) is 6.01. The minimum atomic E-state index is -1.05. The zero-order chi connectivity index (χ0) is 15.6. The van der Waals surface area contributed by atoms with Crippen LogP contribution in [0.15, 0.2) is 12.1 Å². The maximum atomic E-state index is 10.7. The molecule has 2 rings (SSSR count). The molecular weight excluding hydrogens is 280 g/mol. The molecule has 21 heavy (non-hydrogen) atoms. The summed E-state index contributed by atoms with van der Waals surface area (Å²) in [6.07, 6.45) is 0. The van der Waals surface area contributed by atoms with E-state index in [0.29, 0.717) is 18.9 Å². The quantitative estimate of drug-likeness (QED) is 0.614. The predicted molar refractivity (Wildman–Crippen MR) is 69.8 cm³/mol. The zero-order valence-electron chi connectivity index (χ0n) is 11.1. The van der Waals surface area contributed by atoms with Crippen LogP contribution in [-0.2, 0) is 9.53 Å². The first kappa shape index (κ1) is 14.7. The Morgan fingerprint density at radius 3 is 2.86 bits per heavy atom. The second-order valence-electron chi connectivity index (χ2n) is 4.89. The number of rotatable bonds is 5. The summed E-state index contributed by atoms with van der Waals surface area (Å²) in [7, 11) is 0. The predicted octanol–water partition coefficient (Wildman–Crippen LogP) is 0.541. The number of nitro groups is 1. The summed E-state index contributed by atoms with van der Waals surface area (Å²) in [5.74, 6) is -0.622. The molecule has 9 nitrogen and oxygen atoms in total. The lowest BCUT2D eigenvalue weighted by molar-refractivity contribution is -0.385. The molecule has 1 N–H and O–H groups in total. The van der Waals surface area contributed by atoms with Crippen molar-refractivity contribution < 1.29 is 19.6 Å². The summed E-state index contributed by atoms with van der Waals surface area (Å²) in [6, 6.07) is 4.38. The van der Waals surface area contributed by atoms with Gasteiger partial charge in [-0.2, -0.15) is 5.26 Å². The number of anilines is 1. The minimum Gasteiger partial charge on any atom is -0.480 e. The smallest absolute Gasteiger partial charge is 0.329 e. The Kier molecular flexibility index (Phi) is 3.73. The first-order valence-corrected chi connectivity index (χ1v) is 6.01. The third-order valence-corrected chi connectivity index (χ3v) is 3.08. The van der Waals surface area contributed by atoms with Crippen LogP contribution in [0, 0.1) is 21.4 Å². The fourth-order valence-corrected chi connectivity index (χ4v) is 2.10. The van der Waals surface area contributed by atoms with Gasteiger partial charge < -0.3 is 14.7 Å². The molecule has 0 atom stereocenters. The Labute approximate surface area is 119 Å². The van der Waals surface area contributed by atoms with Crippen molar-refractivity contribution in [2.24, 2.45) is 0 Å². The highest BCUT2D eigenvalue weighted by atomic mass is 16.6.